The first-order chi connectivity index (χ1) is 10.2. The number of aryl methyl sites for hydroxylation is 1. The molecule has 2 fully saturated rings. The van der Waals surface area contributed by atoms with Crippen molar-refractivity contribution in [2.24, 2.45) is 0 Å². The fourth-order valence-corrected chi connectivity index (χ4v) is 3.76. The Hall–Kier alpha value is -1.26. The van der Waals surface area contributed by atoms with Gasteiger partial charge >= 0.3 is 0 Å². The number of nitrogens with one attached hydrogen (secondary N) is 1. The van der Waals surface area contributed by atoms with Gasteiger partial charge in [0.1, 0.15) is 10.8 Å². The minimum Gasteiger partial charge on any atom is -0.309 e. The van der Waals surface area contributed by atoms with Crippen LogP contribution in [-0.2, 0) is 6.54 Å². The van der Waals surface area contributed by atoms with Crippen molar-refractivity contribution < 1.29 is 4.39 Å². The Kier molecular flexibility index (Phi) is 3.31. The van der Waals surface area contributed by atoms with Crippen molar-refractivity contribution in [2.75, 3.05) is 0 Å². The van der Waals surface area contributed by atoms with Crippen LogP contribution in [0.15, 0.2) is 18.2 Å². The molecule has 0 amide bonds. The molecule has 0 unspecified atom stereocenters. The summed E-state index contributed by atoms with van der Waals surface area (Å²) in [7, 11) is 0. The van der Waals surface area contributed by atoms with Crippen molar-refractivity contribution in [3.8, 4) is 10.6 Å². The fourth-order valence-electron chi connectivity index (χ4n) is 2.67. The van der Waals surface area contributed by atoms with E-state index in [1.54, 1.807) is 23.5 Å². The van der Waals surface area contributed by atoms with Gasteiger partial charge in [0, 0.05) is 28.9 Å². The van der Waals surface area contributed by atoms with Gasteiger partial charge in [-0.25, -0.2) is 9.37 Å². The molecule has 0 atom stereocenters. The van der Waals surface area contributed by atoms with E-state index in [-0.39, 0.29) is 5.82 Å². The van der Waals surface area contributed by atoms with E-state index in [2.05, 4.69) is 5.32 Å². The molecule has 0 aliphatic heterocycles. The van der Waals surface area contributed by atoms with E-state index in [4.69, 9.17) is 4.98 Å². The zero-order chi connectivity index (χ0) is 14.4. The van der Waals surface area contributed by atoms with Crippen LogP contribution in [0.25, 0.3) is 10.6 Å². The number of thiazole rings is 1. The molecule has 1 aromatic carbocycles. The summed E-state index contributed by atoms with van der Waals surface area (Å²) in [5.74, 6) is 0.464. The summed E-state index contributed by atoms with van der Waals surface area (Å²) in [6, 6.07) is 5.89. The van der Waals surface area contributed by atoms with Crippen molar-refractivity contribution in [1.29, 1.82) is 0 Å². The summed E-state index contributed by atoms with van der Waals surface area (Å²) in [5.41, 5.74) is 3.12. The number of aromatic nitrogens is 1. The first kappa shape index (κ1) is 13.4. The molecule has 2 aliphatic rings. The first-order valence-electron chi connectivity index (χ1n) is 7.69. The molecule has 4 rings (SSSR count). The first-order valence-corrected chi connectivity index (χ1v) is 8.51. The molecule has 21 heavy (non-hydrogen) atoms. The van der Waals surface area contributed by atoms with Gasteiger partial charge in [-0.15, -0.1) is 11.3 Å². The van der Waals surface area contributed by atoms with Crippen LogP contribution in [0.3, 0.4) is 0 Å². The molecule has 0 radical (unpaired) electrons. The van der Waals surface area contributed by atoms with Crippen LogP contribution in [0.2, 0.25) is 0 Å². The minimum atomic E-state index is -0.175. The summed E-state index contributed by atoms with van der Waals surface area (Å²) < 4.78 is 13.6. The number of hydrogen-bond donors (Lipinski definition) is 1. The SMILES string of the molecule is Cc1cc(F)cc(-c2nc(C3CC3)c(CNC3CC3)s2)c1. The Morgan fingerprint density at radius 3 is 2.71 bits per heavy atom. The minimum absolute atomic E-state index is 0.175. The van der Waals surface area contributed by atoms with E-state index < -0.39 is 0 Å². The van der Waals surface area contributed by atoms with Crippen LogP contribution in [0, 0.1) is 12.7 Å². The molecule has 2 aliphatic carbocycles. The summed E-state index contributed by atoms with van der Waals surface area (Å²) in [4.78, 5) is 6.18. The largest absolute Gasteiger partial charge is 0.309 e. The molecular weight excluding hydrogens is 283 g/mol. The van der Waals surface area contributed by atoms with Gasteiger partial charge in [0.15, 0.2) is 0 Å². The lowest BCUT2D eigenvalue weighted by Crippen LogP contribution is -2.15. The van der Waals surface area contributed by atoms with Crippen LogP contribution in [0.5, 0.6) is 0 Å². The van der Waals surface area contributed by atoms with Crippen LogP contribution < -0.4 is 5.32 Å². The van der Waals surface area contributed by atoms with E-state index in [1.165, 1.54) is 36.3 Å². The lowest BCUT2D eigenvalue weighted by molar-refractivity contribution is 0.627. The third-order valence-corrected chi connectivity index (χ3v) is 5.23. The quantitative estimate of drug-likeness (QED) is 0.886. The molecule has 0 bridgehead atoms. The smallest absolute Gasteiger partial charge is 0.124 e. The van der Waals surface area contributed by atoms with Gasteiger partial charge in [-0.3, -0.25) is 0 Å². The van der Waals surface area contributed by atoms with Crippen molar-refractivity contribution >= 4 is 11.3 Å². The fraction of sp³-hybridized carbons (Fsp3) is 0.471. The van der Waals surface area contributed by atoms with Gasteiger partial charge in [0.25, 0.3) is 0 Å². The van der Waals surface area contributed by atoms with Crippen LogP contribution in [0.1, 0.15) is 47.7 Å². The monoisotopic (exact) mass is 302 g/mol. The molecule has 0 spiro atoms. The van der Waals surface area contributed by atoms with E-state index in [0.29, 0.717) is 12.0 Å². The van der Waals surface area contributed by atoms with Gasteiger partial charge in [0.2, 0.25) is 0 Å². The molecule has 110 valence electrons. The molecule has 1 N–H and O–H groups in total. The maximum atomic E-state index is 13.6. The predicted molar refractivity (Wildman–Crippen MR) is 84.1 cm³/mol. The average Bonchev–Trinajstić information content (AvgIpc) is 3.34. The van der Waals surface area contributed by atoms with Crippen molar-refractivity contribution in [2.45, 2.75) is 51.1 Å². The molecular formula is C17H19FN2S. The van der Waals surface area contributed by atoms with Crippen molar-refractivity contribution in [3.05, 3.63) is 40.2 Å². The van der Waals surface area contributed by atoms with Gasteiger partial charge < -0.3 is 5.32 Å². The molecule has 1 aromatic heterocycles. The average molecular weight is 302 g/mol. The van der Waals surface area contributed by atoms with Gasteiger partial charge in [0.05, 0.1) is 5.69 Å². The van der Waals surface area contributed by atoms with Gasteiger partial charge in [-0.1, -0.05) is 0 Å². The third kappa shape index (κ3) is 3.01. The zero-order valence-corrected chi connectivity index (χ0v) is 13.0. The number of halogens is 1. The lowest BCUT2D eigenvalue weighted by Gasteiger charge is -2.01. The maximum Gasteiger partial charge on any atom is 0.124 e. The molecule has 0 saturated heterocycles. The van der Waals surface area contributed by atoms with E-state index >= 15 is 0 Å². The van der Waals surface area contributed by atoms with E-state index in [1.807, 2.05) is 13.0 Å². The van der Waals surface area contributed by atoms with E-state index in [0.717, 1.165) is 22.7 Å². The zero-order valence-electron chi connectivity index (χ0n) is 12.2. The molecule has 2 aromatic rings. The Morgan fingerprint density at radius 2 is 2.05 bits per heavy atom. The Labute approximate surface area is 128 Å². The normalized spacial score (nSPS) is 18.2. The highest BCUT2D eigenvalue weighted by atomic mass is 32.1. The van der Waals surface area contributed by atoms with Crippen LogP contribution in [-0.4, -0.2) is 11.0 Å². The van der Waals surface area contributed by atoms with Crippen molar-refractivity contribution in [3.63, 3.8) is 0 Å². The Bertz CT molecular complexity index is 651. The van der Waals surface area contributed by atoms with E-state index in [9.17, 15) is 4.39 Å². The molecule has 2 saturated carbocycles. The molecule has 2 nitrogen and oxygen atoms in total. The molecule has 1 heterocycles. The topological polar surface area (TPSA) is 24.9 Å². The second-order valence-electron chi connectivity index (χ2n) is 6.27. The Morgan fingerprint density at radius 1 is 1.24 bits per heavy atom. The summed E-state index contributed by atoms with van der Waals surface area (Å²) in [5, 5.41) is 4.54. The maximum absolute atomic E-state index is 13.6. The highest BCUT2D eigenvalue weighted by Crippen LogP contribution is 2.44. The molecule has 4 heteroatoms. The number of rotatable bonds is 5. The number of benzene rings is 1. The van der Waals surface area contributed by atoms with Crippen LogP contribution in [0.4, 0.5) is 4.39 Å². The van der Waals surface area contributed by atoms with Gasteiger partial charge in [-0.2, -0.15) is 0 Å². The summed E-state index contributed by atoms with van der Waals surface area (Å²) in [6.07, 6.45) is 5.10. The summed E-state index contributed by atoms with van der Waals surface area (Å²) >= 11 is 1.73. The number of nitrogens with zero attached hydrogens (tertiary/aromatic N) is 1. The van der Waals surface area contributed by atoms with Crippen molar-refractivity contribution in [1.82, 2.24) is 10.3 Å². The highest BCUT2D eigenvalue weighted by Gasteiger charge is 2.30. The Balaban J connectivity index is 1.66. The number of hydrogen-bond acceptors (Lipinski definition) is 3. The summed E-state index contributed by atoms with van der Waals surface area (Å²) in [6.45, 7) is 2.85. The predicted octanol–water partition coefficient (Wildman–Crippen LogP) is 4.39. The lowest BCUT2D eigenvalue weighted by atomic mass is 10.1. The second-order valence-corrected chi connectivity index (χ2v) is 7.36. The second kappa shape index (κ2) is 5.18. The van der Waals surface area contributed by atoms with Gasteiger partial charge in [-0.05, 0) is 56.4 Å². The standard InChI is InChI=1S/C17H19FN2S/c1-10-6-12(8-13(18)7-10)17-20-16(11-2-3-11)15(21-17)9-19-14-4-5-14/h6-8,11,14,19H,2-5,9H2,1H3. The van der Waals surface area contributed by atoms with Crippen LogP contribution >= 0.6 is 11.3 Å². The highest BCUT2D eigenvalue weighted by molar-refractivity contribution is 7.15. The third-order valence-electron chi connectivity index (χ3n) is 4.11.